The Bertz CT molecular complexity index is 281. The quantitative estimate of drug-likeness (QED) is 0.770. The Kier molecular flexibility index (Phi) is 6.80. The van der Waals surface area contributed by atoms with Gasteiger partial charge in [0.1, 0.15) is 0 Å². The highest BCUT2D eigenvalue weighted by atomic mass is 16.2. The summed E-state index contributed by atoms with van der Waals surface area (Å²) in [4.78, 5) is 14.4. The van der Waals surface area contributed by atoms with Gasteiger partial charge in [0.05, 0.1) is 6.04 Å². The standard InChI is InChI=1S/C15H31N3O/c1-6-18-9-7-8-14(10-18)12(4)17-13(5)15(19)16-11(2)3/h11-14,17H,6-10H2,1-5H3,(H,16,19). The van der Waals surface area contributed by atoms with Gasteiger partial charge in [-0.15, -0.1) is 0 Å². The van der Waals surface area contributed by atoms with Crippen LogP contribution in [0.15, 0.2) is 0 Å². The summed E-state index contributed by atoms with van der Waals surface area (Å²) in [7, 11) is 0. The van der Waals surface area contributed by atoms with E-state index in [1.807, 2.05) is 20.8 Å². The Morgan fingerprint density at radius 1 is 1.32 bits per heavy atom. The van der Waals surface area contributed by atoms with Crippen LogP contribution in [0, 0.1) is 5.92 Å². The van der Waals surface area contributed by atoms with E-state index < -0.39 is 0 Å². The summed E-state index contributed by atoms with van der Waals surface area (Å²) in [6.07, 6.45) is 2.54. The fraction of sp³-hybridized carbons (Fsp3) is 0.933. The highest BCUT2D eigenvalue weighted by Crippen LogP contribution is 2.19. The molecule has 0 aromatic rings. The van der Waals surface area contributed by atoms with E-state index in [9.17, 15) is 4.79 Å². The highest BCUT2D eigenvalue weighted by Gasteiger charge is 2.26. The van der Waals surface area contributed by atoms with Crippen molar-refractivity contribution >= 4 is 5.91 Å². The molecule has 1 aliphatic heterocycles. The zero-order chi connectivity index (χ0) is 14.4. The molecule has 0 aromatic heterocycles. The molecule has 1 rings (SSSR count). The number of nitrogens with one attached hydrogen (secondary N) is 2. The first kappa shape index (κ1) is 16.4. The number of likely N-dealkylation sites (tertiary alicyclic amines) is 1. The van der Waals surface area contributed by atoms with Crippen molar-refractivity contribution < 1.29 is 4.79 Å². The zero-order valence-corrected chi connectivity index (χ0v) is 13.2. The predicted octanol–water partition coefficient (Wildman–Crippen LogP) is 1.61. The molecule has 3 unspecified atom stereocenters. The maximum Gasteiger partial charge on any atom is 0.237 e. The SMILES string of the molecule is CCN1CCCC(C(C)NC(C)C(=O)NC(C)C)C1. The average molecular weight is 269 g/mol. The van der Waals surface area contributed by atoms with Gasteiger partial charge < -0.3 is 15.5 Å². The summed E-state index contributed by atoms with van der Waals surface area (Å²) >= 11 is 0. The van der Waals surface area contributed by atoms with Gasteiger partial charge in [-0.25, -0.2) is 0 Å². The van der Waals surface area contributed by atoms with Crippen LogP contribution >= 0.6 is 0 Å². The van der Waals surface area contributed by atoms with E-state index >= 15 is 0 Å². The van der Waals surface area contributed by atoms with Gasteiger partial charge in [0.2, 0.25) is 5.91 Å². The van der Waals surface area contributed by atoms with Crippen molar-refractivity contribution in [1.29, 1.82) is 0 Å². The Morgan fingerprint density at radius 2 is 2.00 bits per heavy atom. The Morgan fingerprint density at radius 3 is 2.58 bits per heavy atom. The smallest absolute Gasteiger partial charge is 0.237 e. The summed E-state index contributed by atoms with van der Waals surface area (Å²) in [5.74, 6) is 0.757. The molecule has 3 atom stereocenters. The summed E-state index contributed by atoms with van der Waals surface area (Å²) in [6, 6.07) is 0.481. The van der Waals surface area contributed by atoms with Gasteiger partial charge in [0.25, 0.3) is 0 Å². The second kappa shape index (κ2) is 7.85. The molecule has 1 aliphatic rings. The molecular formula is C15H31N3O. The van der Waals surface area contributed by atoms with E-state index in [2.05, 4.69) is 29.4 Å². The number of hydrogen-bond acceptors (Lipinski definition) is 3. The van der Waals surface area contributed by atoms with E-state index in [0.29, 0.717) is 12.0 Å². The first-order valence-electron chi connectivity index (χ1n) is 7.72. The molecule has 0 aromatic carbocycles. The number of hydrogen-bond donors (Lipinski definition) is 2. The summed E-state index contributed by atoms with van der Waals surface area (Å²) in [5, 5.41) is 6.42. The largest absolute Gasteiger partial charge is 0.353 e. The van der Waals surface area contributed by atoms with E-state index in [-0.39, 0.29) is 18.0 Å². The molecule has 19 heavy (non-hydrogen) atoms. The van der Waals surface area contributed by atoms with Crippen LogP contribution in [0.25, 0.3) is 0 Å². The molecule has 112 valence electrons. The number of amides is 1. The fourth-order valence-corrected chi connectivity index (χ4v) is 2.80. The number of rotatable bonds is 6. The summed E-state index contributed by atoms with van der Waals surface area (Å²) < 4.78 is 0. The van der Waals surface area contributed by atoms with E-state index in [1.165, 1.54) is 19.4 Å². The highest BCUT2D eigenvalue weighted by molar-refractivity contribution is 5.81. The molecule has 1 heterocycles. The molecular weight excluding hydrogens is 238 g/mol. The Labute approximate surface area is 118 Å². The normalized spacial score (nSPS) is 24.2. The van der Waals surface area contributed by atoms with Crippen LogP contribution < -0.4 is 10.6 Å². The van der Waals surface area contributed by atoms with Crippen LogP contribution in [0.3, 0.4) is 0 Å². The van der Waals surface area contributed by atoms with Gasteiger partial charge >= 0.3 is 0 Å². The second-order valence-corrected chi connectivity index (χ2v) is 6.14. The van der Waals surface area contributed by atoms with Gasteiger partial charge in [-0.2, -0.15) is 0 Å². The molecule has 0 spiro atoms. The lowest BCUT2D eigenvalue weighted by atomic mass is 9.91. The minimum Gasteiger partial charge on any atom is -0.353 e. The molecule has 0 saturated carbocycles. The average Bonchev–Trinajstić information content (AvgIpc) is 2.37. The van der Waals surface area contributed by atoms with Crippen molar-refractivity contribution in [3.63, 3.8) is 0 Å². The first-order chi connectivity index (χ1) is 8.93. The lowest BCUT2D eigenvalue weighted by Gasteiger charge is -2.36. The van der Waals surface area contributed by atoms with Crippen molar-refractivity contribution in [1.82, 2.24) is 15.5 Å². The number of nitrogens with zero attached hydrogens (tertiary/aromatic N) is 1. The second-order valence-electron chi connectivity index (χ2n) is 6.14. The number of carbonyl (C=O) groups is 1. The summed E-state index contributed by atoms with van der Waals surface area (Å²) in [5.41, 5.74) is 0. The van der Waals surface area contributed by atoms with Crippen molar-refractivity contribution in [2.45, 2.75) is 65.6 Å². The lowest BCUT2D eigenvalue weighted by molar-refractivity contribution is -0.123. The molecule has 1 saturated heterocycles. The third-order valence-corrected chi connectivity index (χ3v) is 4.03. The lowest BCUT2D eigenvalue weighted by Crippen LogP contribution is -2.51. The van der Waals surface area contributed by atoms with E-state index in [4.69, 9.17) is 0 Å². The molecule has 4 heteroatoms. The van der Waals surface area contributed by atoms with Crippen LogP contribution in [0.4, 0.5) is 0 Å². The van der Waals surface area contributed by atoms with Crippen LogP contribution in [0.5, 0.6) is 0 Å². The maximum absolute atomic E-state index is 11.9. The molecule has 1 fully saturated rings. The monoisotopic (exact) mass is 269 g/mol. The van der Waals surface area contributed by atoms with Crippen LogP contribution in [-0.4, -0.2) is 48.6 Å². The molecule has 0 bridgehead atoms. The van der Waals surface area contributed by atoms with Crippen molar-refractivity contribution in [2.24, 2.45) is 5.92 Å². The van der Waals surface area contributed by atoms with Crippen molar-refractivity contribution in [2.75, 3.05) is 19.6 Å². The Hall–Kier alpha value is -0.610. The van der Waals surface area contributed by atoms with E-state index in [1.54, 1.807) is 0 Å². The van der Waals surface area contributed by atoms with Gasteiger partial charge in [-0.05, 0) is 59.5 Å². The van der Waals surface area contributed by atoms with Gasteiger partial charge in [0.15, 0.2) is 0 Å². The number of carbonyl (C=O) groups excluding carboxylic acids is 1. The zero-order valence-electron chi connectivity index (χ0n) is 13.2. The van der Waals surface area contributed by atoms with Crippen LogP contribution in [0.1, 0.15) is 47.5 Å². The van der Waals surface area contributed by atoms with Crippen molar-refractivity contribution in [3.8, 4) is 0 Å². The Balaban J connectivity index is 2.40. The van der Waals surface area contributed by atoms with Gasteiger partial charge in [-0.1, -0.05) is 6.92 Å². The maximum atomic E-state index is 11.9. The minimum atomic E-state index is -0.116. The molecule has 4 nitrogen and oxygen atoms in total. The molecule has 0 aliphatic carbocycles. The number of piperidine rings is 1. The molecule has 2 N–H and O–H groups in total. The third-order valence-electron chi connectivity index (χ3n) is 4.03. The van der Waals surface area contributed by atoms with E-state index in [0.717, 1.165) is 13.1 Å². The molecule has 1 amide bonds. The van der Waals surface area contributed by atoms with Crippen LogP contribution in [0.2, 0.25) is 0 Å². The fourth-order valence-electron chi connectivity index (χ4n) is 2.80. The van der Waals surface area contributed by atoms with Crippen molar-refractivity contribution in [3.05, 3.63) is 0 Å². The minimum absolute atomic E-state index is 0.102. The van der Waals surface area contributed by atoms with Gasteiger partial charge in [-0.3, -0.25) is 4.79 Å². The van der Waals surface area contributed by atoms with Crippen LogP contribution in [-0.2, 0) is 4.79 Å². The predicted molar refractivity (Wildman–Crippen MR) is 80.2 cm³/mol. The van der Waals surface area contributed by atoms with Gasteiger partial charge in [0, 0.05) is 18.6 Å². The molecule has 0 radical (unpaired) electrons. The summed E-state index contributed by atoms with van der Waals surface area (Å²) in [6.45, 7) is 13.9. The topological polar surface area (TPSA) is 44.4 Å². The third kappa shape index (κ3) is 5.49. The first-order valence-corrected chi connectivity index (χ1v) is 7.72.